The fourth-order valence-electron chi connectivity index (χ4n) is 2.93. The summed E-state index contributed by atoms with van der Waals surface area (Å²) in [5.41, 5.74) is 9.22. The smallest absolute Gasteiger partial charge is 0.252 e. The van der Waals surface area contributed by atoms with Crippen LogP contribution in [0.5, 0.6) is 0 Å². The lowest BCUT2D eigenvalue weighted by molar-refractivity contribution is -0.122. The number of hydrazone groups is 1. The Hall–Kier alpha value is -2.71. The monoisotopic (exact) mass is 332 g/mol. The summed E-state index contributed by atoms with van der Waals surface area (Å²) < 4.78 is 0. The largest absolute Gasteiger partial charge is 0.369 e. The van der Waals surface area contributed by atoms with Crippen molar-refractivity contribution in [2.24, 2.45) is 5.10 Å². The quantitative estimate of drug-likeness (QED) is 0.588. The van der Waals surface area contributed by atoms with Gasteiger partial charge in [0.15, 0.2) is 0 Å². The zero-order valence-corrected chi connectivity index (χ0v) is 13.2. The molecule has 2 heterocycles. The minimum atomic E-state index is -0.259. The number of amides is 2. The lowest BCUT2D eigenvalue weighted by atomic mass is 9.78. The molecule has 0 bridgehead atoms. The first-order valence-electron chi connectivity index (χ1n) is 8.00. The Kier molecular flexibility index (Phi) is 4.59. The van der Waals surface area contributed by atoms with Gasteiger partial charge in [-0.05, 0) is 25.7 Å². The molecular formula is C15H20N6O3. The maximum atomic E-state index is 12.0. The second-order valence-electron chi connectivity index (χ2n) is 6.20. The van der Waals surface area contributed by atoms with Crippen molar-refractivity contribution in [2.75, 3.05) is 5.73 Å². The van der Waals surface area contributed by atoms with Gasteiger partial charge in [-0.25, -0.2) is 10.4 Å². The van der Waals surface area contributed by atoms with Crippen LogP contribution in [0.3, 0.4) is 0 Å². The first-order valence-corrected chi connectivity index (χ1v) is 8.00. The second kappa shape index (κ2) is 6.81. The number of aromatic amines is 1. The molecule has 9 heteroatoms. The van der Waals surface area contributed by atoms with E-state index in [1.165, 1.54) is 6.07 Å². The molecule has 5 N–H and O–H groups in total. The van der Waals surface area contributed by atoms with E-state index < -0.39 is 0 Å². The molecule has 128 valence electrons. The van der Waals surface area contributed by atoms with E-state index in [0.29, 0.717) is 31.4 Å². The standard InChI is InChI=1S/C15H20N6O3/c16-15-18-11(7-14(24)19-15)8-5-10(6-8)17-12(22)3-1-9-2-4-13(23)21-20-9/h7-8,10H,1-6H2,(H,17,22)(H,21,23)(H3,16,18,19,24). The van der Waals surface area contributed by atoms with Crippen LogP contribution in [0.2, 0.25) is 0 Å². The van der Waals surface area contributed by atoms with Crippen molar-refractivity contribution in [3.8, 4) is 0 Å². The highest BCUT2D eigenvalue weighted by Gasteiger charge is 2.32. The summed E-state index contributed by atoms with van der Waals surface area (Å²) in [6.07, 6.45) is 3.44. The molecule has 1 fully saturated rings. The van der Waals surface area contributed by atoms with Gasteiger partial charge in [-0.1, -0.05) is 0 Å². The zero-order chi connectivity index (χ0) is 17.1. The van der Waals surface area contributed by atoms with Gasteiger partial charge >= 0.3 is 0 Å². The van der Waals surface area contributed by atoms with Crippen molar-refractivity contribution >= 4 is 23.5 Å². The number of hydrogen-bond donors (Lipinski definition) is 4. The van der Waals surface area contributed by atoms with Gasteiger partial charge in [0.25, 0.3) is 5.56 Å². The highest BCUT2D eigenvalue weighted by atomic mass is 16.2. The Labute approximate surface area is 138 Å². The lowest BCUT2D eigenvalue weighted by Crippen LogP contribution is -2.44. The van der Waals surface area contributed by atoms with Gasteiger partial charge in [0.1, 0.15) is 0 Å². The summed E-state index contributed by atoms with van der Waals surface area (Å²) in [7, 11) is 0. The van der Waals surface area contributed by atoms with Crippen molar-refractivity contribution in [2.45, 2.75) is 50.5 Å². The molecule has 1 aliphatic carbocycles. The normalized spacial score (nSPS) is 23.0. The van der Waals surface area contributed by atoms with Gasteiger partial charge in [-0.3, -0.25) is 19.4 Å². The molecule has 0 aromatic carbocycles. The van der Waals surface area contributed by atoms with Crippen molar-refractivity contribution in [3.05, 3.63) is 22.1 Å². The van der Waals surface area contributed by atoms with E-state index in [-0.39, 0.29) is 35.3 Å². The van der Waals surface area contributed by atoms with Crippen LogP contribution in [0.4, 0.5) is 5.95 Å². The summed E-state index contributed by atoms with van der Waals surface area (Å²) in [6.45, 7) is 0. The third kappa shape index (κ3) is 3.98. The molecule has 0 unspecified atom stereocenters. The molecule has 24 heavy (non-hydrogen) atoms. The van der Waals surface area contributed by atoms with E-state index in [1.54, 1.807) is 0 Å². The van der Waals surface area contributed by atoms with Crippen molar-refractivity contribution in [1.29, 1.82) is 0 Å². The Bertz CT molecular complexity index is 735. The summed E-state index contributed by atoms with van der Waals surface area (Å²) in [4.78, 5) is 40.9. The molecule has 1 aromatic rings. The topological polar surface area (TPSA) is 142 Å². The molecule has 0 atom stereocenters. The zero-order valence-electron chi connectivity index (χ0n) is 13.2. The van der Waals surface area contributed by atoms with Crippen molar-refractivity contribution < 1.29 is 9.59 Å². The van der Waals surface area contributed by atoms with Crippen molar-refractivity contribution in [1.82, 2.24) is 20.7 Å². The van der Waals surface area contributed by atoms with Gasteiger partial charge < -0.3 is 11.1 Å². The van der Waals surface area contributed by atoms with Gasteiger partial charge in [0.2, 0.25) is 17.8 Å². The average Bonchev–Trinajstić information content (AvgIpc) is 2.49. The Morgan fingerprint density at radius 1 is 1.33 bits per heavy atom. The summed E-state index contributed by atoms with van der Waals surface area (Å²) in [5.74, 6) is 0.150. The molecule has 0 spiro atoms. The van der Waals surface area contributed by atoms with Crippen LogP contribution in [0, 0.1) is 0 Å². The van der Waals surface area contributed by atoms with E-state index >= 15 is 0 Å². The molecule has 1 aromatic heterocycles. The van der Waals surface area contributed by atoms with E-state index in [0.717, 1.165) is 18.6 Å². The molecule has 2 aliphatic rings. The predicted molar refractivity (Wildman–Crippen MR) is 87.2 cm³/mol. The maximum Gasteiger partial charge on any atom is 0.252 e. The summed E-state index contributed by atoms with van der Waals surface area (Å²) >= 11 is 0. The molecule has 0 radical (unpaired) electrons. The first-order chi connectivity index (χ1) is 11.5. The molecule has 9 nitrogen and oxygen atoms in total. The van der Waals surface area contributed by atoms with Gasteiger partial charge in [0.05, 0.1) is 5.69 Å². The van der Waals surface area contributed by atoms with Crippen molar-refractivity contribution in [3.63, 3.8) is 0 Å². The maximum absolute atomic E-state index is 12.0. The average molecular weight is 332 g/mol. The molecule has 3 rings (SSSR count). The van der Waals surface area contributed by atoms with Gasteiger partial charge in [-0.15, -0.1) is 0 Å². The minimum absolute atomic E-state index is 0.0311. The third-order valence-electron chi connectivity index (χ3n) is 4.32. The number of carbonyl (C=O) groups excluding carboxylic acids is 2. The molecule has 1 aliphatic heterocycles. The van der Waals surface area contributed by atoms with E-state index in [4.69, 9.17) is 5.73 Å². The number of H-pyrrole nitrogens is 1. The highest BCUT2D eigenvalue weighted by Crippen LogP contribution is 2.35. The fraction of sp³-hybridized carbons (Fsp3) is 0.533. The minimum Gasteiger partial charge on any atom is -0.369 e. The number of nitrogens with zero attached hydrogens (tertiary/aromatic N) is 2. The van der Waals surface area contributed by atoms with Crippen LogP contribution in [0.1, 0.15) is 50.1 Å². The SMILES string of the molecule is Nc1nc(C2CC(NC(=O)CCC3=NNC(=O)CC3)C2)cc(=O)[nH]1. The van der Waals surface area contributed by atoms with Crippen LogP contribution in [-0.4, -0.2) is 33.5 Å². The Morgan fingerprint density at radius 2 is 2.12 bits per heavy atom. The fourth-order valence-corrected chi connectivity index (χ4v) is 2.93. The van der Waals surface area contributed by atoms with Crippen LogP contribution in [0.25, 0.3) is 0 Å². The predicted octanol–water partition coefficient (Wildman–Crippen LogP) is -0.240. The number of rotatable bonds is 5. The van der Waals surface area contributed by atoms with Crippen LogP contribution in [-0.2, 0) is 9.59 Å². The number of hydrogen-bond acceptors (Lipinski definition) is 6. The first kappa shape index (κ1) is 16.2. The van der Waals surface area contributed by atoms with E-state index in [2.05, 4.69) is 25.8 Å². The summed E-state index contributed by atoms with van der Waals surface area (Å²) in [5, 5.41) is 6.92. The molecule has 2 amide bonds. The number of carbonyl (C=O) groups is 2. The summed E-state index contributed by atoms with van der Waals surface area (Å²) in [6, 6.07) is 1.55. The van der Waals surface area contributed by atoms with Crippen LogP contribution < -0.4 is 22.0 Å². The van der Waals surface area contributed by atoms with E-state index in [9.17, 15) is 14.4 Å². The van der Waals surface area contributed by atoms with Crippen LogP contribution >= 0.6 is 0 Å². The number of nitrogens with two attached hydrogens (primary N) is 1. The van der Waals surface area contributed by atoms with Gasteiger partial charge in [0, 0.05) is 36.6 Å². The molecule has 0 saturated heterocycles. The Balaban J connectivity index is 1.41. The number of anilines is 1. The second-order valence-corrected chi connectivity index (χ2v) is 6.20. The highest BCUT2D eigenvalue weighted by molar-refractivity contribution is 5.94. The number of nitrogens with one attached hydrogen (secondary N) is 3. The van der Waals surface area contributed by atoms with E-state index in [1.807, 2.05) is 0 Å². The molecule has 1 saturated carbocycles. The van der Waals surface area contributed by atoms with Gasteiger partial charge in [-0.2, -0.15) is 5.10 Å². The van der Waals surface area contributed by atoms with Crippen LogP contribution in [0.15, 0.2) is 16.0 Å². The third-order valence-corrected chi connectivity index (χ3v) is 4.32. The number of aromatic nitrogens is 2. The number of nitrogen functional groups attached to an aromatic ring is 1. The Morgan fingerprint density at radius 3 is 2.79 bits per heavy atom. The lowest BCUT2D eigenvalue weighted by Gasteiger charge is -2.35. The molecular weight excluding hydrogens is 312 g/mol.